The van der Waals surface area contributed by atoms with Crippen LogP contribution < -0.4 is 5.32 Å². The summed E-state index contributed by atoms with van der Waals surface area (Å²) in [4.78, 5) is 25.7. The maximum absolute atomic E-state index is 12.1. The van der Waals surface area contributed by atoms with Gasteiger partial charge in [-0.3, -0.25) is 9.59 Å². The molecular formula is C16H28N2O3. The number of amides is 2. The Morgan fingerprint density at radius 3 is 2.43 bits per heavy atom. The normalized spacial score (nSPS) is 23.6. The highest BCUT2D eigenvalue weighted by Gasteiger charge is 2.35. The molecule has 5 nitrogen and oxygen atoms in total. The van der Waals surface area contributed by atoms with Crippen molar-refractivity contribution in [1.29, 1.82) is 0 Å². The van der Waals surface area contributed by atoms with E-state index in [-0.39, 0.29) is 30.6 Å². The molecule has 1 atom stereocenters. The van der Waals surface area contributed by atoms with E-state index in [9.17, 15) is 14.7 Å². The summed E-state index contributed by atoms with van der Waals surface area (Å²) >= 11 is 0. The van der Waals surface area contributed by atoms with E-state index in [0.29, 0.717) is 19.1 Å². The summed E-state index contributed by atoms with van der Waals surface area (Å²) in [6, 6.07) is 0.318. The Balaban J connectivity index is 1.69. The summed E-state index contributed by atoms with van der Waals surface area (Å²) in [6.07, 6.45) is 5.91. The Hall–Kier alpha value is -1.10. The molecule has 2 rings (SSSR count). The maximum Gasteiger partial charge on any atom is 0.223 e. The fourth-order valence-corrected chi connectivity index (χ4v) is 3.31. The third-order valence-electron chi connectivity index (χ3n) is 4.83. The van der Waals surface area contributed by atoms with Gasteiger partial charge >= 0.3 is 0 Å². The predicted octanol–water partition coefficient (Wildman–Crippen LogP) is 1.44. The van der Waals surface area contributed by atoms with Crippen LogP contribution in [0.3, 0.4) is 0 Å². The van der Waals surface area contributed by atoms with Crippen molar-refractivity contribution < 1.29 is 14.7 Å². The lowest BCUT2D eigenvalue weighted by molar-refractivity contribution is -0.133. The number of rotatable bonds is 5. The number of hydrogen-bond acceptors (Lipinski definition) is 3. The lowest BCUT2D eigenvalue weighted by Gasteiger charge is -2.25. The van der Waals surface area contributed by atoms with E-state index < -0.39 is 5.60 Å². The predicted molar refractivity (Wildman–Crippen MR) is 80.6 cm³/mol. The SMILES string of the molecule is CC(C)(O)[C@@H]1CCN(C(=O)CCC(=O)NC2CCCC2)C1. The summed E-state index contributed by atoms with van der Waals surface area (Å²) in [5.74, 6) is 0.158. The van der Waals surface area contributed by atoms with Crippen LogP contribution in [0, 0.1) is 5.92 Å². The first kappa shape index (κ1) is 16.3. The first-order valence-corrected chi connectivity index (χ1v) is 8.16. The maximum atomic E-state index is 12.1. The molecule has 0 radical (unpaired) electrons. The second-order valence-corrected chi connectivity index (χ2v) is 7.03. The zero-order valence-electron chi connectivity index (χ0n) is 13.2. The average molecular weight is 296 g/mol. The van der Waals surface area contributed by atoms with E-state index in [0.717, 1.165) is 19.3 Å². The molecule has 0 unspecified atom stereocenters. The molecule has 21 heavy (non-hydrogen) atoms. The molecule has 1 saturated carbocycles. The first-order chi connectivity index (χ1) is 9.86. The van der Waals surface area contributed by atoms with Gasteiger partial charge in [-0.2, -0.15) is 0 Å². The second-order valence-electron chi connectivity index (χ2n) is 7.03. The van der Waals surface area contributed by atoms with Crippen LogP contribution >= 0.6 is 0 Å². The molecular weight excluding hydrogens is 268 g/mol. The lowest BCUT2D eigenvalue weighted by Crippen LogP contribution is -2.36. The third-order valence-corrected chi connectivity index (χ3v) is 4.83. The quantitative estimate of drug-likeness (QED) is 0.806. The minimum Gasteiger partial charge on any atom is -0.390 e. The Bertz CT molecular complexity index is 383. The van der Waals surface area contributed by atoms with Crippen molar-refractivity contribution in [2.24, 2.45) is 5.92 Å². The Labute approximate surface area is 127 Å². The average Bonchev–Trinajstić information content (AvgIpc) is 3.05. The molecule has 2 amide bonds. The fourth-order valence-electron chi connectivity index (χ4n) is 3.31. The standard InChI is InChI=1S/C16H28N2O3/c1-16(2,21)12-9-10-18(11-12)15(20)8-7-14(19)17-13-5-3-4-6-13/h12-13,21H,3-11H2,1-2H3,(H,17,19)/t12-/m1/s1. The van der Waals surface area contributed by atoms with Crippen LogP contribution in [0.4, 0.5) is 0 Å². The zero-order valence-corrected chi connectivity index (χ0v) is 13.2. The van der Waals surface area contributed by atoms with Crippen LogP contribution in [-0.4, -0.2) is 46.6 Å². The van der Waals surface area contributed by atoms with E-state index in [4.69, 9.17) is 0 Å². The number of likely N-dealkylation sites (tertiary alicyclic amines) is 1. The second kappa shape index (κ2) is 6.77. The van der Waals surface area contributed by atoms with Gasteiger partial charge < -0.3 is 15.3 Å². The van der Waals surface area contributed by atoms with Crippen molar-refractivity contribution in [1.82, 2.24) is 10.2 Å². The molecule has 2 N–H and O–H groups in total. The molecule has 0 spiro atoms. The first-order valence-electron chi connectivity index (χ1n) is 8.16. The molecule has 120 valence electrons. The monoisotopic (exact) mass is 296 g/mol. The van der Waals surface area contributed by atoms with E-state index in [1.807, 2.05) is 0 Å². The molecule has 1 saturated heterocycles. The van der Waals surface area contributed by atoms with Crippen LogP contribution in [0.15, 0.2) is 0 Å². The highest BCUT2D eigenvalue weighted by atomic mass is 16.3. The van der Waals surface area contributed by atoms with Crippen LogP contribution in [0.1, 0.15) is 58.8 Å². The van der Waals surface area contributed by atoms with Gasteiger partial charge in [-0.25, -0.2) is 0 Å². The van der Waals surface area contributed by atoms with Gasteiger partial charge in [0, 0.05) is 37.9 Å². The highest BCUT2D eigenvalue weighted by molar-refractivity contribution is 5.84. The van der Waals surface area contributed by atoms with E-state index >= 15 is 0 Å². The van der Waals surface area contributed by atoms with Crippen molar-refractivity contribution >= 4 is 11.8 Å². The van der Waals surface area contributed by atoms with Gasteiger partial charge in [0.1, 0.15) is 0 Å². The third kappa shape index (κ3) is 4.70. The summed E-state index contributed by atoms with van der Waals surface area (Å²) in [5, 5.41) is 13.0. The molecule has 1 heterocycles. The minimum absolute atomic E-state index is 0.00603. The molecule has 0 aromatic carbocycles. The van der Waals surface area contributed by atoms with E-state index in [2.05, 4.69) is 5.32 Å². The Kier molecular flexibility index (Phi) is 5.25. The molecule has 1 aliphatic heterocycles. The van der Waals surface area contributed by atoms with Crippen molar-refractivity contribution in [2.45, 2.75) is 70.4 Å². The molecule has 2 aliphatic rings. The van der Waals surface area contributed by atoms with Crippen LogP contribution in [0.25, 0.3) is 0 Å². The minimum atomic E-state index is -0.741. The van der Waals surface area contributed by atoms with Gasteiger partial charge in [-0.1, -0.05) is 12.8 Å². The molecule has 0 aromatic rings. The summed E-state index contributed by atoms with van der Waals surface area (Å²) in [5.41, 5.74) is -0.741. The van der Waals surface area contributed by atoms with Crippen LogP contribution in [-0.2, 0) is 9.59 Å². The smallest absolute Gasteiger partial charge is 0.223 e. The number of carbonyl (C=O) groups is 2. The molecule has 5 heteroatoms. The van der Waals surface area contributed by atoms with Crippen LogP contribution in [0.5, 0.6) is 0 Å². The van der Waals surface area contributed by atoms with Gasteiger partial charge in [0.2, 0.25) is 11.8 Å². The Morgan fingerprint density at radius 1 is 1.19 bits per heavy atom. The van der Waals surface area contributed by atoms with E-state index in [1.54, 1.807) is 18.7 Å². The number of hydrogen-bond donors (Lipinski definition) is 2. The van der Waals surface area contributed by atoms with E-state index in [1.165, 1.54) is 12.8 Å². The van der Waals surface area contributed by atoms with Crippen molar-refractivity contribution in [3.63, 3.8) is 0 Å². The van der Waals surface area contributed by atoms with Gasteiger partial charge in [0.05, 0.1) is 5.60 Å². The summed E-state index contributed by atoms with van der Waals surface area (Å²) in [6.45, 7) is 4.88. The van der Waals surface area contributed by atoms with Crippen LogP contribution in [0.2, 0.25) is 0 Å². The summed E-state index contributed by atoms with van der Waals surface area (Å²) < 4.78 is 0. The Morgan fingerprint density at radius 2 is 1.86 bits per heavy atom. The van der Waals surface area contributed by atoms with Gasteiger partial charge in [0.25, 0.3) is 0 Å². The number of nitrogens with one attached hydrogen (secondary N) is 1. The lowest BCUT2D eigenvalue weighted by atomic mass is 9.90. The molecule has 1 aliphatic carbocycles. The van der Waals surface area contributed by atoms with Gasteiger partial charge in [-0.05, 0) is 33.1 Å². The van der Waals surface area contributed by atoms with Crippen molar-refractivity contribution in [2.75, 3.05) is 13.1 Å². The van der Waals surface area contributed by atoms with Crippen molar-refractivity contribution in [3.8, 4) is 0 Å². The largest absolute Gasteiger partial charge is 0.390 e. The summed E-state index contributed by atoms with van der Waals surface area (Å²) in [7, 11) is 0. The number of aliphatic hydroxyl groups is 1. The molecule has 0 aromatic heterocycles. The number of nitrogens with zero attached hydrogens (tertiary/aromatic N) is 1. The van der Waals surface area contributed by atoms with Crippen molar-refractivity contribution in [3.05, 3.63) is 0 Å². The molecule has 2 fully saturated rings. The van der Waals surface area contributed by atoms with Gasteiger partial charge in [-0.15, -0.1) is 0 Å². The fraction of sp³-hybridized carbons (Fsp3) is 0.875. The number of carbonyl (C=O) groups excluding carboxylic acids is 2. The highest BCUT2D eigenvalue weighted by Crippen LogP contribution is 2.27. The topological polar surface area (TPSA) is 69.6 Å². The van der Waals surface area contributed by atoms with Gasteiger partial charge in [0.15, 0.2) is 0 Å². The molecule has 0 bridgehead atoms. The zero-order chi connectivity index (χ0) is 15.5.